The van der Waals surface area contributed by atoms with Crippen molar-refractivity contribution >= 4 is 11.9 Å². The Bertz CT molecular complexity index is 719. The summed E-state index contributed by atoms with van der Waals surface area (Å²) in [6.45, 7) is 15.2. The maximum Gasteiger partial charge on any atom is 0.239 e. The van der Waals surface area contributed by atoms with Gasteiger partial charge in [-0.25, -0.2) is 0 Å². The summed E-state index contributed by atoms with van der Waals surface area (Å²) in [7, 11) is 0. The fourth-order valence-corrected chi connectivity index (χ4v) is 4.12. The molecule has 0 radical (unpaired) electrons. The first-order valence-electron chi connectivity index (χ1n) is 11.9. The number of nitrogens with zero attached hydrogens (tertiary/aromatic N) is 6. The first kappa shape index (κ1) is 23.5. The molecule has 9 heteroatoms. The van der Waals surface area contributed by atoms with Crippen LogP contribution in [0.1, 0.15) is 64.6 Å². The van der Waals surface area contributed by atoms with Crippen molar-refractivity contribution in [3.63, 3.8) is 0 Å². The maximum absolute atomic E-state index is 12.7. The Labute approximate surface area is 186 Å². The molecule has 2 aliphatic heterocycles. The van der Waals surface area contributed by atoms with Crippen molar-refractivity contribution in [3.05, 3.63) is 11.7 Å². The Morgan fingerprint density at radius 2 is 1.81 bits per heavy atom. The van der Waals surface area contributed by atoms with Crippen molar-refractivity contribution in [2.45, 2.75) is 65.3 Å². The number of nitrogens with one attached hydrogen (secondary N) is 1. The summed E-state index contributed by atoms with van der Waals surface area (Å²) in [5, 5.41) is 7.43. The second-order valence-corrected chi connectivity index (χ2v) is 8.77. The van der Waals surface area contributed by atoms with Gasteiger partial charge in [-0.1, -0.05) is 19.0 Å². The molecule has 2 saturated heterocycles. The molecule has 3 rings (SSSR count). The third kappa shape index (κ3) is 6.41. The number of aryl methyl sites for hydroxylation is 1. The highest BCUT2D eigenvalue weighted by Crippen LogP contribution is 2.14. The van der Waals surface area contributed by atoms with E-state index in [1.165, 1.54) is 0 Å². The lowest BCUT2D eigenvalue weighted by Gasteiger charge is -2.39. The van der Waals surface area contributed by atoms with E-state index in [0.717, 1.165) is 83.3 Å². The van der Waals surface area contributed by atoms with Crippen molar-refractivity contribution in [2.24, 2.45) is 4.99 Å². The lowest BCUT2D eigenvalue weighted by molar-refractivity contribution is -0.135. The average Bonchev–Trinajstić information content (AvgIpc) is 3.47. The molecule has 1 aromatic rings. The van der Waals surface area contributed by atoms with Crippen LogP contribution in [0.3, 0.4) is 0 Å². The first-order valence-corrected chi connectivity index (χ1v) is 11.9. The van der Waals surface area contributed by atoms with E-state index in [9.17, 15) is 4.79 Å². The van der Waals surface area contributed by atoms with E-state index in [1.807, 2.05) is 4.90 Å². The van der Waals surface area contributed by atoms with Crippen LogP contribution in [-0.4, -0.2) is 95.1 Å². The number of rotatable bonds is 8. The molecule has 0 saturated carbocycles. The number of likely N-dealkylation sites (tertiary alicyclic amines) is 1. The highest BCUT2D eigenvalue weighted by molar-refractivity contribution is 5.82. The zero-order chi connectivity index (χ0) is 22.2. The Balaban J connectivity index is 1.45. The van der Waals surface area contributed by atoms with Crippen LogP contribution < -0.4 is 5.32 Å². The molecule has 2 aliphatic rings. The SMILES string of the molecule is CCNC(=NCCCc1nc(C(C)C)no1)N1CCN(C(C)C(=O)N2CCCC2)CC1. The van der Waals surface area contributed by atoms with Crippen LogP contribution in [0.5, 0.6) is 0 Å². The van der Waals surface area contributed by atoms with Crippen molar-refractivity contribution in [1.29, 1.82) is 0 Å². The number of piperazine rings is 1. The van der Waals surface area contributed by atoms with E-state index >= 15 is 0 Å². The fourth-order valence-electron chi connectivity index (χ4n) is 4.12. The first-order chi connectivity index (χ1) is 15.0. The standard InChI is InChI=1S/C22H39N7O2/c1-5-23-22(24-10-8-9-19-25-20(17(2)3)26-31-19)29-15-13-27(14-16-29)18(4)21(30)28-11-6-7-12-28/h17-18H,5-16H2,1-4H3,(H,23,24). The van der Waals surface area contributed by atoms with Gasteiger partial charge in [0.15, 0.2) is 11.8 Å². The van der Waals surface area contributed by atoms with E-state index in [-0.39, 0.29) is 17.9 Å². The number of aromatic nitrogens is 2. The molecule has 1 atom stereocenters. The van der Waals surface area contributed by atoms with Crippen molar-refractivity contribution < 1.29 is 9.32 Å². The summed E-state index contributed by atoms with van der Waals surface area (Å²) >= 11 is 0. The van der Waals surface area contributed by atoms with Gasteiger partial charge in [-0.15, -0.1) is 0 Å². The molecular weight excluding hydrogens is 394 g/mol. The summed E-state index contributed by atoms with van der Waals surface area (Å²) in [5.41, 5.74) is 0. The van der Waals surface area contributed by atoms with Gasteiger partial charge in [0, 0.05) is 64.7 Å². The smallest absolute Gasteiger partial charge is 0.239 e. The predicted molar refractivity (Wildman–Crippen MR) is 121 cm³/mol. The number of hydrogen-bond acceptors (Lipinski definition) is 6. The number of aliphatic imine (C=N–C) groups is 1. The van der Waals surface area contributed by atoms with Gasteiger partial charge in [0.05, 0.1) is 6.04 Å². The molecule has 1 aromatic heterocycles. The number of carbonyl (C=O) groups is 1. The van der Waals surface area contributed by atoms with Gasteiger partial charge < -0.3 is 19.6 Å². The van der Waals surface area contributed by atoms with Crippen molar-refractivity contribution in [3.8, 4) is 0 Å². The Morgan fingerprint density at radius 3 is 2.42 bits per heavy atom. The molecule has 3 heterocycles. The Morgan fingerprint density at radius 1 is 1.10 bits per heavy atom. The quantitative estimate of drug-likeness (QED) is 0.379. The molecule has 1 N–H and O–H groups in total. The topological polar surface area (TPSA) is 90.1 Å². The van der Waals surface area contributed by atoms with E-state index in [2.05, 4.69) is 53.0 Å². The monoisotopic (exact) mass is 433 g/mol. The minimum atomic E-state index is -0.0371. The molecule has 0 bridgehead atoms. The zero-order valence-corrected chi connectivity index (χ0v) is 19.6. The minimum absolute atomic E-state index is 0.0371. The molecule has 1 unspecified atom stereocenters. The van der Waals surface area contributed by atoms with Crippen molar-refractivity contribution in [2.75, 3.05) is 52.4 Å². The van der Waals surface area contributed by atoms with Gasteiger partial charge in [0.25, 0.3) is 0 Å². The summed E-state index contributed by atoms with van der Waals surface area (Å²) in [6.07, 6.45) is 3.89. The van der Waals surface area contributed by atoms with Crippen LogP contribution >= 0.6 is 0 Å². The zero-order valence-electron chi connectivity index (χ0n) is 19.6. The normalized spacial score (nSPS) is 19.3. The maximum atomic E-state index is 12.7. The molecule has 0 aromatic carbocycles. The van der Waals surface area contributed by atoms with E-state index in [0.29, 0.717) is 12.4 Å². The number of guanidine groups is 1. The van der Waals surface area contributed by atoms with Gasteiger partial charge in [0.1, 0.15) is 0 Å². The third-order valence-corrected chi connectivity index (χ3v) is 6.08. The van der Waals surface area contributed by atoms with Crippen molar-refractivity contribution in [1.82, 2.24) is 30.2 Å². The second-order valence-electron chi connectivity index (χ2n) is 8.77. The number of carbonyl (C=O) groups excluding carboxylic acids is 1. The summed E-state index contributed by atoms with van der Waals surface area (Å²) < 4.78 is 5.32. The second kappa shape index (κ2) is 11.5. The molecular formula is C22H39N7O2. The lowest BCUT2D eigenvalue weighted by Crippen LogP contribution is -2.57. The third-order valence-electron chi connectivity index (χ3n) is 6.08. The highest BCUT2D eigenvalue weighted by Gasteiger charge is 2.30. The van der Waals surface area contributed by atoms with Crippen LogP contribution in [0.2, 0.25) is 0 Å². The van der Waals surface area contributed by atoms with Crippen LogP contribution in [0, 0.1) is 0 Å². The number of amides is 1. The fraction of sp³-hybridized carbons (Fsp3) is 0.818. The molecule has 31 heavy (non-hydrogen) atoms. The van der Waals surface area contributed by atoms with Gasteiger partial charge >= 0.3 is 0 Å². The van der Waals surface area contributed by atoms with E-state index in [4.69, 9.17) is 9.52 Å². The van der Waals surface area contributed by atoms with Gasteiger partial charge in [-0.2, -0.15) is 4.98 Å². The average molecular weight is 434 g/mol. The Hall–Kier alpha value is -2.16. The molecule has 174 valence electrons. The summed E-state index contributed by atoms with van der Waals surface area (Å²) in [6, 6.07) is -0.0371. The van der Waals surface area contributed by atoms with Gasteiger partial charge in [-0.3, -0.25) is 14.7 Å². The molecule has 9 nitrogen and oxygen atoms in total. The number of hydrogen-bond donors (Lipinski definition) is 1. The molecule has 0 aliphatic carbocycles. The van der Waals surface area contributed by atoms with Crippen LogP contribution in [0.4, 0.5) is 0 Å². The molecule has 2 fully saturated rings. The van der Waals surface area contributed by atoms with Gasteiger partial charge in [-0.05, 0) is 33.1 Å². The largest absolute Gasteiger partial charge is 0.357 e. The van der Waals surface area contributed by atoms with Crippen LogP contribution in [-0.2, 0) is 11.2 Å². The minimum Gasteiger partial charge on any atom is -0.357 e. The van der Waals surface area contributed by atoms with Gasteiger partial charge in [0.2, 0.25) is 11.8 Å². The molecule has 0 spiro atoms. The Kier molecular flexibility index (Phi) is 8.69. The van der Waals surface area contributed by atoms with Crippen LogP contribution in [0.15, 0.2) is 9.52 Å². The highest BCUT2D eigenvalue weighted by atomic mass is 16.5. The molecule has 1 amide bonds. The predicted octanol–water partition coefficient (Wildman–Crippen LogP) is 1.72. The van der Waals surface area contributed by atoms with Crippen LogP contribution in [0.25, 0.3) is 0 Å². The van der Waals surface area contributed by atoms with E-state index in [1.54, 1.807) is 0 Å². The lowest BCUT2D eigenvalue weighted by atomic mass is 10.2. The summed E-state index contributed by atoms with van der Waals surface area (Å²) in [4.78, 5) is 28.6. The van der Waals surface area contributed by atoms with E-state index < -0.39 is 0 Å². The summed E-state index contributed by atoms with van der Waals surface area (Å²) in [5.74, 6) is 2.97.